The molecule has 25 heavy (non-hydrogen) atoms. The van der Waals surface area contributed by atoms with Gasteiger partial charge in [0.1, 0.15) is 0 Å². The first-order valence-corrected chi connectivity index (χ1v) is 10.1. The molecule has 0 spiro atoms. The molecule has 0 saturated carbocycles. The lowest BCUT2D eigenvalue weighted by atomic mass is 9.95. The first-order valence-electron chi connectivity index (χ1n) is 8.28. The lowest BCUT2D eigenvalue weighted by Crippen LogP contribution is -2.48. The quantitative estimate of drug-likeness (QED) is 0.716. The molecule has 138 valence electrons. The van der Waals surface area contributed by atoms with Crippen LogP contribution in [0.5, 0.6) is 0 Å². The van der Waals surface area contributed by atoms with E-state index in [1.54, 1.807) is 4.90 Å². The van der Waals surface area contributed by atoms with E-state index in [-0.39, 0.29) is 30.8 Å². The number of carbonyl (C=O) groups excluding carboxylic acids is 1. The van der Waals surface area contributed by atoms with Gasteiger partial charge < -0.3 is 9.47 Å². The number of nitrogens with one attached hydrogen (secondary N) is 1. The Morgan fingerprint density at radius 2 is 2.00 bits per heavy atom. The van der Waals surface area contributed by atoms with Crippen molar-refractivity contribution in [1.29, 1.82) is 0 Å². The van der Waals surface area contributed by atoms with E-state index >= 15 is 0 Å². The molecule has 0 aromatic carbocycles. The summed E-state index contributed by atoms with van der Waals surface area (Å²) in [5, 5.41) is 0. The van der Waals surface area contributed by atoms with Crippen LogP contribution < -0.4 is 11.2 Å². The van der Waals surface area contributed by atoms with E-state index < -0.39 is 21.3 Å². The van der Waals surface area contributed by atoms with Gasteiger partial charge in [0.15, 0.2) is 0 Å². The summed E-state index contributed by atoms with van der Waals surface area (Å²) < 4.78 is 26.5. The number of aryl methyl sites for hydroxylation is 1. The molecule has 2 bridgehead atoms. The van der Waals surface area contributed by atoms with Gasteiger partial charge in [0.05, 0.1) is 6.26 Å². The van der Waals surface area contributed by atoms with Crippen molar-refractivity contribution in [2.75, 3.05) is 25.9 Å². The number of piperidine rings is 1. The molecule has 1 N–H and O–H groups in total. The number of sulfonamides is 1. The molecule has 1 aromatic heterocycles. The van der Waals surface area contributed by atoms with Gasteiger partial charge in [-0.15, -0.1) is 0 Å². The largest absolute Gasteiger partial charge is 0.338 e. The van der Waals surface area contributed by atoms with Crippen LogP contribution in [0.25, 0.3) is 0 Å². The van der Waals surface area contributed by atoms with Gasteiger partial charge in [0.2, 0.25) is 15.9 Å². The van der Waals surface area contributed by atoms with E-state index in [9.17, 15) is 22.8 Å². The summed E-state index contributed by atoms with van der Waals surface area (Å²) in [7, 11) is -3.27. The number of carbonyl (C=O) groups is 1. The summed E-state index contributed by atoms with van der Waals surface area (Å²) in [6.07, 6.45) is 4.41. The molecule has 1 aromatic rings. The summed E-state index contributed by atoms with van der Waals surface area (Å²) in [4.78, 5) is 39.3. The van der Waals surface area contributed by atoms with Crippen molar-refractivity contribution in [2.45, 2.75) is 31.8 Å². The van der Waals surface area contributed by atoms with Crippen LogP contribution in [0, 0.1) is 5.92 Å². The SMILES string of the molecule is CS(=O)(=O)N1C[C@H]2CC[C@@H](C1)N(C(=O)CCn1ccc(=O)[nH]c1=O)C2. The highest BCUT2D eigenvalue weighted by molar-refractivity contribution is 7.88. The zero-order valence-electron chi connectivity index (χ0n) is 14.1. The van der Waals surface area contributed by atoms with Crippen molar-refractivity contribution >= 4 is 15.9 Å². The first kappa shape index (κ1) is 17.9. The fraction of sp³-hybridized carbons (Fsp3) is 0.667. The maximum absolute atomic E-state index is 12.6. The number of rotatable bonds is 4. The molecule has 4 rings (SSSR count). The second kappa shape index (κ2) is 6.75. The van der Waals surface area contributed by atoms with Crippen molar-refractivity contribution in [2.24, 2.45) is 5.92 Å². The second-order valence-electron chi connectivity index (χ2n) is 6.78. The maximum Gasteiger partial charge on any atom is 0.328 e. The molecule has 2 atom stereocenters. The van der Waals surface area contributed by atoms with Gasteiger partial charge in [-0.2, -0.15) is 4.31 Å². The highest BCUT2D eigenvalue weighted by Crippen LogP contribution is 2.29. The Kier molecular flexibility index (Phi) is 4.83. The molecule has 9 nitrogen and oxygen atoms in total. The molecule has 3 fully saturated rings. The Morgan fingerprint density at radius 3 is 2.68 bits per heavy atom. The van der Waals surface area contributed by atoms with Crippen LogP contribution in [0.2, 0.25) is 0 Å². The summed E-state index contributed by atoms with van der Waals surface area (Å²) in [5.74, 6) is 0.0522. The standard InChI is InChI=1S/C15H22N4O5S/c1-25(23,24)18-8-11-2-3-12(10-18)19(9-11)14(21)5-7-17-6-4-13(20)16-15(17)22/h4,6,11-12H,2-3,5,7-10H2,1H3,(H,16,20,22)/t11-,12+/m1/s1. The number of aromatic nitrogens is 2. The molecule has 0 aliphatic carbocycles. The van der Waals surface area contributed by atoms with Gasteiger partial charge in [-0.1, -0.05) is 0 Å². The maximum atomic E-state index is 12.6. The van der Waals surface area contributed by atoms with Gasteiger partial charge in [0.25, 0.3) is 5.56 Å². The second-order valence-corrected chi connectivity index (χ2v) is 8.76. The number of hydrogen-bond acceptors (Lipinski definition) is 5. The minimum atomic E-state index is -3.27. The van der Waals surface area contributed by atoms with Crippen molar-refractivity contribution in [3.8, 4) is 0 Å². The van der Waals surface area contributed by atoms with E-state index in [2.05, 4.69) is 4.98 Å². The van der Waals surface area contributed by atoms with Crippen molar-refractivity contribution in [3.05, 3.63) is 33.1 Å². The summed E-state index contributed by atoms with van der Waals surface area (Å²) >= 11 is 0. The van der Waals surface area contributed by atoms with Crippen LogP contribution in [0.4, 0.5) is 0 Å². The number of H-pyrrole nitrogens is 1. The molecule has 3 aliphatic rings. The average molecular weight is 370 g/mol. The van der Waals surface area contributed by atoms with Crippen LogP contribution in [0.15, 0.2) is 21.9 Å². The molecule has 1 amide bonds. The smallest absolute Gasteiger partial charge is 0.328 e. The van der Waals surface area contributed by atoms with Crippen molar-refractivity contribution in [3.63, 3.8) is 0 Å². The zero-order valence-corrected chi connectivity index (χ0v) is 14.9. The molecule has 3 saturated heterocycles. The summed E-state index contributed by atoms with van der Waals surface area (Å²) in [5.41, 5.74) is -1.01. The highest BCUT2D eigenvalue weighted by Gasteiger charge is 2.39. The summed E-state index contributed by atoms with van der Waals surface area (Å²) in [6, 6.07) is 1.12. The fourth-order valence-corrected chi connectivity index (χ4v) is 4.52. The molecule has 10 heteroatoms. The Morgan fingerprint density at radius 1 is 1.24 bits per heavy atom. The van der Waals surface area contributed by atoms with Crippen LogP contribution in [-0.4, -0.2) is 65.0 Å². The first-order chi connectivity index (χ1) is 11.7. The van der Waals surface area contributed by atoms with Gasteiger partial charge >= 0.3 is 5.69 Å². The number of nitrogens with zero attached hydrogens (tertiary/aromatic N) is 3. The third-order valence-electron chi connectivity index (χ3n) is 4.93. The highest BCUT2D eigenvalue weighted by atomic mass is 32.2. The number of aromatic amines is 1. The molecule has 0 radical (unpaired) electrons. The Hall–Kier alpha value is -1.94. The topological polar surface area (TPSA) is 113 Å². The lowest BCUT2D eigenvalue weighted by Gasteiger charge is -2.36. The Bertz CT molecular complexity index is 874. The van der Waals surface area contributed by atoms with Crippen LogP contribution in [0.3, 0.4) is 0 Å². The van der Waals surface area contributed by atoms with Crippen molar-refractivity contribution < 1.29 is 13.2 Å². The zero-order chi connectivity index (χ0) is 18.2. The minimum absolute atomic E-state index is 0.0943. The van der Waals surface area contributed by atoms with E-state index in [0.717, 1.165) is 12.8 Å². The lowest BCUT2D eigenvalue weighted by molar-refractivity contribution is -0.135. The molecule has 3 aliphatic heterocycles. The van der Waals surface area contributed by atoms with Gasteiger partial charge in [-0.05, 0) is 18.8 Å². The molecular weight excluding hydrogens is 348 g/mol. The average Bonchev–Trinajstić information content (AvgIpc) is 2.85. The predicted molar refractivity (Wildman–Crippen MR) is 90.6 cm³/mol. The number of amides is 1. The molecule has 0 unspecified atom stereocenters. The summed E-state index contributed by atoms with van der Waals surface area (Å²) in [6.45, 7) is 1.52. The van der Waals surface area contributed by atoms with Crippen molar-refractivity contribution in [1.82, 2.24) is 18.8 Å². The van der Waals surface area contributed by atoms with Gasteiger partial charge in [-0.25, -0.2) is 13.2 Å². The van der Waals surface area contributed by atoms with Crippen LogP contribution in [-0.2, 0) is 21.4 Å². The molecule has 4 heterocycles. The monoisotopic (exact) mass is 370 g/mol. The van der Waals surface area contributed by atoms with E-state index in [4.69, 9.17) is 0 Å². The van der Waals surface area contributed by atoms with Crippen LogP contribution >= 0.6 is 0 Å². The van der Waals surface area contributed by atoms with Gasteiger partial charge in [-0.3, -0.25) is 14.6 Å². The molecular formula is C15H22N4O5S. The minimum Gasteiger partial charge on any atom is -0.338 e. The van der Waals surface area contributed by atoms with E-state index in [0.29, 0.717) is 19.6 Å². The fourth-order valence-electron chi connectivity index (χ4n) is 3.60. The van der Waals surface area contributed by atoms with E-state index in [1.165, 1.54) is 27.4 Å². The van der Waals surface area contributed by atoms with Gasteiger partial charge in [0, 0.05) is 50.9 Å². The van der Waals surface area contributed by atoms with Crippen LogP contribution in [0.1, 0.15) is 19.3 Å². The number of hydrogen-bond donors (Lipinski definition) is 1. The Labute approximate surface area is 145 Å². The third kappa shape index (κ3) is 4.01. The van der Waals surface area contributed by atoms with E-state index in [1.807, 2.05) is 0 Å². The predicted octanol–water partition coefficient (Wildman–Crippen LogP) is -1.19. The third-order valence-corrected chi connectivity index (χ3v) is 6.17. The number of fused-ring (bicyclic) bond motifs is 4. The normalized spacial score (nSPS) is 24.3. The Balaban J connectivity index is 1.68.